The molecule has 0 N–H and O–H groups in total. The second-order valence-corrected chi connectivity index (χ2v) is 6.33. The van der Waals surface area contributed by atoms with Crippen molar-refractivity contribution < 1.29 is 4.79 Å². The van der Waals surface area contributed by atoms with Gasteiger partial charge in [-0.05, 0) is 38.8 Å². The molecule has 2 heterocycles. The standard InChI is InChI=1S/C16H28N4O/c1-18(9-5-8-17)16(21)14-19-12-6-15(7-13-19)20-10-3-2-4-11-20/h15H,2-7,9-14H2,1H3. The lowest BCUT2D eigenvalue weighted by molar-refractivity contribution is -0.131. The number of hydrogen-bond donors (Lipinski definition) is 0. The molecule has 0 aromatic heterocycles. The van der Waals surface area contributed by atoms with Gasteiger partial charge < -0.3 is 9.80 Å². The summed E-state index contributed by atoms with van der Waals surface area (Å²) in [6.07, 6.45) is 6.88. The van der Waals surface area contributed by atoms with Gasteiger partial charge in [-0.1, -0.05) is 6.42 Å². The summed E-state index contributed by atoms with van der Waals surface area (Å²) < 4.78 is 0. The highest BCUT2D eigenvalue weighted by Crippen LogP contribution is 2.20. The van der Waals surface area contributed by atoms with E-state index in [0.29, 0.717) is 19.5 Å². The number of likely N-dealkylation sites (tertiary alicyclic amines) is 2. The molecule has 5 heteroatoms. The predicted octanol–water partition coefficient (Wildman–Crippen LogP) is 1.31. The van der Waals surface area contributed by atoms with Crippen LogP contribution < -0.4 is 0 Å². The molecule has 2 aliphatic rings. The molecule has 0 aromatic carbocycles. The van der Waals surface area contributed by atoms with Crippen LogP contribution in [-0.2, 0) is 4.79 Å². The van der Waals surface area contributed by atoms with Crippen molar-refractivity contribution in [2.45, 2.75) is 44.6 Å². The molecule has 118 valence electrons. The summed E-state index contributed by atoms with van der Waals surface area (Å²) in [5.41, 5.74) is 0. The molecular weight excluding hydrogens is 264 g/mol. The molecule has 2 aliphatic heterocycles. The lowest BCUT2D eigenvalue weighted by atomic mass is 10.00. The van der Waals surface area contributed by atoms with E-state index in [4.69, 9.17) is 5.26 Å². The molecule has 0 unspecified atom stereocenters. The molecule has 2 fully saturated rings. The van der Waals surface area contributed by atoms with Crippen LogP contribution in [0, 0.1) is 11.3 Å². The van der Waals surface area contributed by atoms with E-state index >= 15 is 0 Å². The molecule has 5 nitrogen and oxygen atoms in total. The number of rotatable bonds is 5. The normalized spacial score (nSPS) is 21.9. The number of carbonyl (C=O) groups is 1. The molecule has 0 saturated carbocycles. The molecular formula is C16H28N4O. The van der Waals surface area contributed by atoms with Gasteiger partial charge in [0.05, 0.1) is 19.0 Å². The Bertz CT molecular complexity index is 365. The molecule has 0 atom stereocenters. The lowest BCUT2D eigenvalue weighted by Gasteiger charge is -2.40. The average molecular weight is 292 g/mol. The Labute approximate surface area is 128 Å². The SMILES string of the molecule is CN(CCC#N)C(=O)CN1CCC(N2CCCCC2)CC1. The molecule has 21 heavy (non-hydrogen) atoms. The van der Waals surface area contributed by atoms with Crippen LogP contribution in [0.15, 0.2) is 0 Å². The zero-order valence-electron chi connectivity index (χ0n) is 13.3. The van der Waals surface area contributed by atoms with Crippen molar-refractivity contribution in [2.24, 2.45) is 0 Å². The van der Waals surface area contributed by atoms with Crippen molar-refractivity contribution in [3.63, 3.8) is 0 Å². The fourth-order valence-corrected chi connectivity index (χ4v) is 3.38. The third kappa shape index (κ3) is 4.98. The monoisotopic (exact) mass is 292 g/mol. The van der Waals surface area contributed by atoms with Gasteiger partial charge in [0.25, 0.3) is 0 Å². The number of hydrogen-bond acceptors (Lipinski definition) is 4. The first-order valence-electron chi connectivity index (χ1n) is 8.28. The Morgan fingerprint density at radius 2 is 1.86 bits per heavy atom. The van der Waals surface area contributed by atoms with Gasteiger partial charge in [0.15, 0.2) is 0 Å². The van der Waals surface area contributed by atoms with Crippen LogP contribution in [-0.4, -0.2) is 73.0 Å². The number of piperidine rings is 2. The summed E-state index contributed by atoms with van der Waals surface area (Å²) in [7, 11) is 1.79. The molecule has 1 amide bonds. The zero-order valence-corrected chi connectivity index (χ0v) is 13.3. The van der Waals surface area contributed by atoms with Crippen molar-refractivity contribution >= 4 is 5.91 Å². The number of amides is 1. The van der Waals surface area contributed by atoms with Crippen LogP contribution >= 0.6 is 0 Å². The Morgan fingerprint density at radius 1 is 1.19 bits per heavy atom. The maximum atomic E-state index is 12.1. The highest BCUT2D eigenvalue weighted by molar-refractivity contribution is 5.78. The molecule has 0 spiro atoms. The maximum Gasteiger partial charge on any atom is 0.236 e. The van der Waals surface area contributed by atoms with Gasteiger partial charge in [0.1, 0.15) is 0 Å². The third-order valence-corrected chi connectivity index (χ3v) is 4.81. The van der Waals surface area contributed by atoms with Gasteiger partial charge in [0.2, 0.25) is 5.91 Å². The van der Waals surface area contributed by atoms with E-state index in [1.165, 1.54) is 45.2 Å². The second-order valence-electron chi connectivity index (χ2n) is 6.33. The van der Waals surface area contributed by atoms with Crippen molar-refractivity contribution in [1.29, 1.82) is 5.26 Å². The summed E-state index contributed by atoms with van der Waals surface area (Å²) in [5.74, 6) is 0.140. The minimum Gasteiger partial charge on any atom is -0.344 e. The van der Waals surface area contributed by atoms with Gasteiger partial charge in [0, 0.05) is 32.7 Å². The summed E-state index contributed by atoms with van der Waals surface area (Å²) in [6, 6.07) is 2.82. The quantitative estimate of drug-likeness (QED) is 0.766. The Morgan fingerprint density at radius 3 is 2.48 bits per heavy atom. The minimum absolute atomic E-state index is 0.140. The third-order valence-electron chi connectivity index (χ3n) is 4.81. The Hall–Kier alpha value is -1.12. The summed E-state index contributed by atoms with van der Waals surface area (Å²) in [5, 5.41) is 8.57. The van der Waals surface area contributed by atoms with Gasteiger partial charge in [-0.25, -0.2) is 0 Å². The van der Waals surface area contributed by atoms with E-state index < -0.39 is 0 Å². The van der Waals surface area contributed by atoms with Crippen molar-refractivity contribution in [1.82, 2.24) is 14.7 Å². The highest BCUT2D eigenvalue weighted by atomic mass is 16.2. The van der Waals surface area contributed by atoms with E-state index in [9.17, 15) is 4.79 Å². The number of nitriles is 1. The lowest BCUT2D eigenvalue weighted by Crippen LogP contribution is -2.48. The molecule has 0 radical (unpaired) electrons. The number of likely N-dealkylation sites (N-methyl/N-ethyl adjacent to an activating group) is 1. The highest BCUT2D eigenvalue weighted by Gasteiger charge is 2.26. The van der Waals surface area contributed by atoms with E-state index in [-0.39, 0.29) is 5.91 Å². The topological polar surface area (TPSA) is 50.6 Å². The summed E-state index contributed by atoms with van der Waals surface area (Å²) in [4.78, 5) is 18.7. The zero-order chi connectivity index (χ0) is 15.1. The predicted molar refractivity (Wildman–Crippen MR) is 82.8 cm³/mol. The number of nitrogens with zero attached hydrogens (tertiary/aromatic N) is 4. The molecule has 0 bridgehead atoms. The summed E-state index contributed by atoms with van der Waals surface area (Å²) >= 11 is 0. The maximum absolute atomic E-state index is 12.1. The van der Waals surface area contributed by atoms with Gasteiger partial charge in [-0.2, -0.15) is 5.26 Å². The molecule has 0 aliphatic carbocycles. The minimum atomic E-state index is 0.140. The largest absolute Gasteiger partial charge is 0.344 e. The molecule has 2 saturated heterocycles. The molecule has 0 aromatic rings. The smallest absolute Gasteiger partial charge is 0.236 e. The van der Waals surface area contributed by atoms with Crippen molar-refractivity contribution in [3.8, 4) is 6.07 Å². The van der Waals surface area contributed by atoms with Gasteiger partial charge in [-0.15, -0.1) is 0 Å². The van der Waals surface area contributed by atoms with Crippen LogP contribution in [0.5, 0.6) is 0 Å². The fraction of sp³-hybridized carbons (Fsp3) is 0.875. The van der Waals surface area contributed by atoms with E-state index in [0.717, 1.165) is 19.1 Å². The fourth-order valence-electron chi connectivity index (χ4n) is 3.38. The first kappa shape index (κ1) is 16.3. The van der Waals surface area contributed by atoms with Crippen molar-refractivity contribution in [3.05, 3.63) is 0 Å². The average Bonchev–Trinajstić information content (AvgIpc) is 2.54. The first-order valence-corrected chi connectivity index (χ1v) is 8.28. The summed E-state index contributed by atoms with van der Waals surface area (Å²) in [6.45, 7) is 5.63. The van der Waals surface area contributed by atoms with Crippen molar-refractivity contribution in [2.75, 3.05) is 46.3 Å². The van der Waals surface area contributed by atoms with E-state index in [1.807, 2.05) is 0 Å². The van der Waals surface area contributed by atoms with E-state index in [2.05, 4.69) is 15.9 Å². The van der Waals surface area contributed by atoms with Crippen LogP contribution in [0.4, 0.5) is 0 Å². The van der Waals surface area contributed by atoms with Crippen LogP contribution in [0.25, 0.3) is 0 Å². The Balaban J connectivity index is 1.68. The van der Waals surface area contributed by atoms with E-state index in [1.54, 1.807) is 11.9 Å². The van der Waals surface area contributed by atoms with Crippen LogP contribution in [0.2, 0.25) is 0 Å². The van der Waals surface area contributed by atoms with Gasteiger partial charge in [-0.3, -0.25) is 9.69 Å². The van der Waals surface area contributed by atoms with Crippen LogP contribution in [0.3, 0.4) is 0 Å². The molecule has 2 rings (SSSR count). The number of carbonyl (C=O) groups excluding carboxylic acids is 1. The Kier molecular flexibility index (Phi) is 6.47. The first-order chi connectivity index (χ1) is 10.2. The second kappa shape index (κ2) is 8.35. The van der Waals surface area contributed by atoms with Crippen LogP contribution in [0.1, 0.15) is 38.5 Å². The van der Waals surface area contributed by atoms with Gasteiger partial charge >= 0.3 is 0 Å².